The van der Waals surface area contributed by atoms with Gasteiger partial charge in [0.15, 0.2) is 0 Å². The van der Waals surface area contributed by atoms with Crippen molar-refractivity contribution in [1.82, 2.24) is 24.5 Å². The summed E-state index contributed by atoms with van der Waals surface area (Å²) in [4.78, 5) is 24.6. The van der Waals surface area contributed by atoms with Gasteiger partial charge >= 0.3 is 11.8 Å². The van der Waals surface area contributed by atoms with Crippen LogP contribution in [0.4, 0.5) is 5.82 Å². The van der Waals surface area contributed by atoms with Gasteiger partial charge in [-0.05, 0) is 16.3 Å². The zero-order valence-electron chi connectivity index (χ0n) is 12.2. The SMILES string of the molecule is CCC(COC(C)=O)n1cc(Cn2cnc([N+](=O)[O-])c2)nn1. The van der Waals surface area contributed by atoms with E-state index in [4.69, 9.17) is 4.74 Å². The molecule has 0 aliphatic rings. The van der Waals surface area contributed by atoms with Crippen LogP contribution in [-0.2, 0) is 16.1 Å². The Bertz CT molecular complexity index is 664. The first-order valence-electron chi connectivity index (χ1n) is 6.69. The topological polar surface area (TPSA) is 118 Å². The quantitative estimate of drug-likeness (QED) is 0.424. The van der Waals surface area contributed by atoms with Gasteiger partial charge < -0.3 is 19.4 Å². The minimum Gasteiger partial charge on any atom is -0.464 e. The molecule has 0 saturated carbocycles. The van der Waals surface area contributed by atoms with Gasteiger partial charge in [-0.15, -0.1) is 5.10 Å². The lowest BCUT2D eigenvalue weighted by Crippen LogP contribution is -2.17. The summed E-state index contributed by atoms with van der Waals surface area (Å²) in [5.74, 6) is -0.557. The van der Waals surface area contributed by atoms with Crippen molar-refractivity contribution in [2.75, 3.05) is 6.61 Å². The van der Waals surface area contributed by atoms with Crippen molar-refractivity contribution in [3.05, 3.63) is 34.5 Å². The van der Waals surface area contributed by atoms with Gasteiger partial charge in [0.2, 0.25) is 6.33 Å². The van der Waals surface area contributed by atoms with E-state index in [1.165, 1.54) is 19.4 Å². The largest absolute Gasteiger partial charge is 0.464 e. The van der Waals surface area contributed by atoms with Crippen molar-refractivity contribution in [2.45, 2.75) is 32.9 Å². The van der Waals surface area contributed by atoms with E-state index in [1.54, 1.807) is 15.4 Å². The first kappa shape index (κ1) is 15.6. The second-order valence-electron chi connectivity index (χ2n) is 4.72. The summed E-state index contributed by atoms with van der Waals surface area (Å²) < 4.78 is 8.17. The number of ether oxygens (including phenoxy) is 1. The van der Waals surface area contributed by atoms with Crippen molar-refractivity contribution in [2.24, 2.45) is 0 Å². The van der Waals surface area contributed by atoms with Crippen LogP contribution in [0.25, 0.3) is 0 Å². The number of carbonyl (C=O) groups excluding carboxylic acids is 1. The summed E-state index contributed by atoms with van der Waals surface area (Å²) in [5, 5.41) is 18.6. The van der Waals surface area contributed by atoms with Crippen LogP contribution in [0.15, 0.2) is 18.7 Å². The Balaban J connectivity index is 2.03. The third-order valence-electron chi connectivity index (χ3n) is 3.03. The Hall–Kier alpha value is -2.78. The third kappa shape index (κ3) is 3.87. The van der Waals surface area contributed by atoms with Crippen LogP contribution in [0.5, 0.6) is 0 Å². The van der Waals surface area contributed by atoms with Crippen LogP contribution in [0.2, 0.25) is 0 Å². The highest BCUT2D eigenvalue weighted by Gasteiger charge is 2.15. The molecule has 2 rings (SSSR count). The van der Waals surface area contributed by atoms with Crippen LogP contribution in [0, 0.1) is 10.1 Å². The van der Waals surface area contributed by atoms with Crippen LogP contribution in [0.3, 0.4) is 0 Å². The first-order valence-corrected chi connectivity index (χ1v) is 6.69. The number of nitro groups is 1. The molecule has 0 saturated heterocycles. The molecule has 0 bridgehead atoms. The third-order valence-corrected chi connectivity index (χ3v) is 3.03. The molecule has 0 aliphatic heterocycles. The number of aromatic nitrogens is 5. The molecular formula is C12H16N6O4. The predicted octanol–water partition coefficient (Wildman–Crippen LogP) is 0.945. The number of imidazole rings is 1. The summed E-state index contributed by atoms with van der Waals surface area (Å²) in [6.45, 7) is 3.86. The molecule has 10 heteroatoms. The molecule has 0 N–H and O–H groups in total. The van der Waals surface area contributed by atoms with Crippen LogP contribution < -0.4 is 0 Å². The Morgan fingerprint density at radius 2 is 2.27 bits per heavy atom. The second kappa shape index (κ2) is 6.78. The van der Waals surface area contributed by atoms with Crippen molar-refractivity contribution in [1.29, 1.82) is 0 Å². The Labute approximate surface area is 125 Å². The van der Waals surface area contributed by atoms with Crippen LogP contribution >= 0.6 is 0 Å². The summed E-state index contributed by atoms with van der Waals surface area (Å²) in [6, 6.07) is -0.0951. The molecule has 2 aromatic rings. The number of esters is 1. The summed E-state index contributed by atoms with van der Waals surface area (Å²) in [7, 11) is 0. The molecule has 2 aromatic heterocycles. The maximum absolute atomic E-state index is 10.9. The maximum Gasteiger partial charge on any atom is 0.381 e. The van der Waals surface area contributed by atoms with Crippen molar-refractivity contribution in [3.8, 4) is 0 Å². The zero-order chi connectivity index (χ0) is 16.1. The standard InChI is InChI=1S/C12H16N6O4/c1-3-11(7-22-9(2)19)17-5-10(14-15-17)4-16-6-12(13-8-16)18(20)21/h5-6,8,11H,3-4,7H2,1-2H3. The second-order valence-corrected chi connectivity index (χ2v) is 4.72. The Morgan fingerprint density at radius 3 is 2.86 bits per heavy atom. The van der Waals surface area contributed by atoms with E-state index >= 15 is 0 Å². The van der Waals surface area contributed by atoms with Crippen molar-refractivity contribution >= 4 is 11.8 Å². The lowest BCUT2D eigenvalue weighted by Gasteiger charge is -2.13. The van der Waals surface area contributed by atoms with E-state index in [2.05, 4.69) is 15.3 Å². The van der Waals surface area contributed by atoms with Crippen molar-refractivity contribution < 1.29 is 14.5 Å². The minimum absolute atomic E-state index is 0.0951. The van der Waals surface area contributed by atoms with Gasteiger partial charge in [-0.3, -0.25) is 4.79 Å². The molecule has 1 unspecified atom stereocenters. The Morgan fingerprint density at radius 1 is 1.50 bits per heavy atom. The van der Waals surface area contributed by atoms with E-state index in [9.17, 15) is 14.9 Å². The smallest absolute Gasteiger partial charge is 0.381 e. The molecule has 0 fully saturated rings. The fourth-order valence-corrected chi connectivity index (χ4v) is 1.88. The van der Waals surface area contributed by atoms with Crippen LogP contribution in [0.1, 0.15) is 32.0 Å². The zero-order valence-corrected chi connectivity index (χ0v) is 12.2. The monoisotopic (exact) mass is 308 g/mol. The number of carbonyl (C=O) groups is 1. The van der Waals surface area contributed by atoms with Gasteiger partial charge in [0.05, 0.1) is 18.8 Å². The average molecular weight is 308 g/mol. The van der Waals surface area contributed by atoms with E-state index in [0.29, 0.717) is 12.2 Å². The summed E-state index contributed by atoms with van der Waals surface area (Å²) in [6.07, 6.45) is 5.15. The van der Waals surface area contributed by atoms with E-state index in [0.717, 1.165) is 6.42 Å². The fraction of sp³-hybridized carbons (Fsp3) is 0.500. The minimum atomic E-state index is -0.556. The van der Waals surface area contributed by atoms with Gasteiger partial charge in [0, 0.05) is 6.92 Å². The van der Waals surface area contributed by atoms with Crippen LogP contribution in [-0.4, -0.2) is 42.0 Å². The molecule has 0 radical (unpaired) electrons. The summed E-state index contributed by atoms with van der Waals surface area (Å²) >= 11 is 0. The summed E-state index contributed by atoms with van der Waals surface area (Å²) in [5.41, 5.74) is 0.633. The number of nitrogens with zero attached hydrogens (tertiary/aromatic N) is 6. The van der Waals surface area contributed by atoms with Gasteiger partial charge in [-0.1, -0.05) is 12.1 Å². The lowest BCUT2D eigenvalue weighted by molar-refractivity contribution is -0.389. The fourth-order valence-electron chi connectivity index (χ4n) is 1.88. The molecule has 0 spiro atoms. The lowest BCUT2D eigenvalue weighted by atomic mass is 10.2. The van der Waals surface area contributed by atoms with Gasteiger partial charge in [-0.25, -0.2) is 4.68 Å². The highest BCUT2D eigenvalue weighted by Crippen LogP contribution is 2.12. The molecule has 2 heterocycles. The number of hydrogen-bond donors (Lipinski definition) is 0. The predicted molar refractivity (Wildman–Crippen MR) is 74.0 cm³/mol. The Kier molecular flexibility index (Phi) is 4.81. The number of rotatable bonds is 7. The highest BCUT2D eigenvalue weighted by atomic mass is 16.6. The normalized spacial score (nSPS) is 12.1. The molecule has 22 heavy (non-hydrogen) atoms. The van der Waals surface area contributed by atoms with Gasteiger partial charge in [-0.2, -0.15) is 0 Å². The molecule has 1 atom stereocenters. The number of hydrogen-bond acceptors (Lipinski definition) is 7. The molecule has 0 amide bonds. The van der Waals surface area contributed by atoms with Gasteiger partial charge in [0.1, 0.15) is 18.5 Å². The highest BCUT2D eigenvalue weighted by molar-refractivity contribution is 5.65. The molecular weight excluding hydrogens is 292 g/mol. The average Bonchev–Trinajstić information content (AvgIpc) is 3.09. The maximum atomic E-state index is 10.9. The van der Waals surface area contributed by atoms with Gasteiger partial charge in [0.25, 0.3) is 0 Å². The van der Waals surface area contributed by atoms with E-state index < -0.39 is 4.92 Å². The molecule has 118 valence electrons. The van der Waals surface area contributed by atoms with E-state index in [-0.39, 0.29) is 24.4 Å². The first-order chi connectivity index (χ1) is 10.5. The van der Waals surface area contributed by atoms with Crippen molar-refractivity contribution in [3.63, 3.8) is 0 Å². The molecule has 10 nitrogen and oxygen atoms in total. The molecule has 0 aromatic carbocycles. The van der Waals surface area contributed by atoms with E-state index in [1.807, 2.05) is 6.92 Å². The molecule has 0 aliphatic carbocycles.